The number of amides is 1. The molecule has 198 valence electrons. The van der Waals surface area contributed by atoms with Crippen LogP contribution in [0, 0.1) is 11.7 Å². The van der Waals surface area contributed by atoms with Crippen LogP contribution in [-0.4, -0.2) is 40.2 Å². The van der Waals surface area contributed by atoms with E-state index in [0.717, 1.165) is 0 Å². The SMILES string of the molecule is CC1C(OCc2cc(C(F)(F)F)cc(C(F)(F)F)c2)CN2C(=O)C(C)(O)CCC12.Fc1ccccc1. The molecule has 4 nitrogen and oxygen atoms in total. The Bertz CT molecular complexity index is 1020. The lowest BCUT2D eigenvalue weighted by Crippen LogP contribution is -2.54. The maximum atomic E-state index is 13.0. The number of aliphatic hydroxyl groups is 1. The normalized spacial score (nSPS) is 26.3. The molecule has 36 heavy (non-hydrogen) atoms. The summed E-state index contributed by atoms with van der Waals surface area (Å²) in [5.41, 5.74) is -4.51. The Labute approximate surface area is 203 Å². The monoisotopic (exact) mass is 521 g/mol. The third-order valence-corrected chi connectivity index (χ3v) is 6.46. The van der Waals surface area contributed by atoms with E-state index in [1.165, 1.54) is 24.0 Å². The molecule has 2 aliphatic rings. The van der Waals surface area contributed by atoms with Crippen molar-refractivity contribution in [3.63, 3.8) is 0 Å². The zero-order valence-electron chi connectivity index (χ0n) is 19.5. The molecule has 4 atom stereocenters. The van der Waals surface area contributed by atoms with E-state index in [1.807, 2.05) is 6.92 Å². The largest absolute Gasteiger partial charge is 0.416 e. The molecule has 11 heteroatoms. The van der Waals surface area contributed by atoms with E-state index in [2.05, 4.69) is 0 Å². The average molecular weight is 521 g/mol. The molecule has 2 fully saturated rings. The van der Waals surface area contributed by atoms with Gasteiger partial charge in [-0.2, -0.15) is 26.3 Å². The van der Waals surface area contributed by atoms with Gasteiger partial charge in [0, 0.05) is 18.5 Å². The van der Waals surface area contributed by atoms with Crippen molar-refractivity contribution < 1.29 is 45.4 Å². The summed E-state index contributed by atoms with van der Waals surface area (Å²) in [7, 11) is 0. The number of alkyl halides is 6. The molecule has 2 heterocycles. The number of carbonyl (C=O) groups excluding carboxylic acids is 1. The molecule has 0 saturated carbocycles. The third kappa shape index (κ3) is 6.56. The Morgan fingerprint density at radius 1 is 1.03 bits per heavy atom. The Kier molecular flexibility index (Phi) is 8.04. The van der Waals surface area contributed by atoms with Gasteiger partial charge in [-0.1, -0.05) is 25.1 Å². The van der Waals surface area contributed by atoms with Crippen LogP contribution >= 0.6 is 0 Å². The highest BCUT2D eigenvalue weighted by molar-refractivity contribution is 5.86. The molecule has 2 saturated heterocycles. The van der Waals surface area contributed by atoms with E-state index >= 15 is 0 Å². The van der Waals surface area contributed by atoms with Crippen molar-refractivity contribution >= 4 is 5.91 Å². The summed E-state index contributed by atoms with van der Waals surface area (Å²) in [6.07, 6.45) is -9.57. The van der Waals surface area contributed by atoms with E-state index in [0.29, 0.717) is 18.6 Å². The maximum Gasteiger partial charge on any atom is 0.416 e. The number of ether oxygens (including phenoxy) is 1. The van der Waals surface area contributed by atoms with Gasteiger partial charge in [0.1, 0.15) is 11.4 Å². The van der Waals surface area contributed by atoms with Gasteiger partial charge in [-0.25, -0.2) is 4.39 Å². The summed E-state index contributed by atoms with van der Waals surface area (Å²) in [5, 5.41) is 10.1. The molecule has 1 N–H and O–H groups in total. The Morgan fingerprint density at radius 3 is 2.06 bits per heavy atom. The topological polar surface area (TPSA) is 49.8 Å². The van der Waals surface area contributed by atoms with Crippen molar-refractivity contribution in [1.29, 1.82) is 0 Å². The van der Waals surface area contributed by atoms with Gasteiger partial charge in [-0.3, -0.25) is 4.79 Å². The van der Waals surface area contributed by atoms with Gasteiger partial charge in [0.2, 0.25) is 0 Å². The number of halogens is 7. The van der Waals surface area contributed by atoms with Gasteiger partial charge in [-0.15, -0.1) is 0 Å². The zero-order valence-corrected chi connectivity index (χ0v) is 19.5. The van der Waals surface area contributed by atoms with E-state index in [9.17, 15) is 40.6 Å². The van der Waals surface area contributed by atoms with Gasteiger partial charge in [-0.05, 0) is 55.7 Å². The van der Waals surface area contributed by atoms with Gasteiger partial charge in [0.15, 0.2) is 0 Å². The van der Waals surface area contributed by atoms with Crippen molar-refractivity contribution in [3.8, 4) is 0 Å². The van der Waals surface area contributed by atoms with Gasteiger partial charge < -0.3 is 14.7 Å². The molecule has 1 amide bonds. The Balaban J connectivity index is 0.000000444. The van der Waals surface area contributed by atoms with Crippen molar-refractivity contribution in [2.45, 2.75) is 63.4 Å². The van der Waals surface area contributed by atoms with Gasteiger partial charge in [0.25, 0.3) is 5.91 Å². The summed E-state index contributed by atoms with van der Waals surface area (Å²) in [6.45, 7) is 2.92. The first-order valence-corrected chi connectivity index (χ1v) is 11.2. The minimum absolute atomic E-state index is 0.0721. The molecule has 2 aliphatic heterocycles. The summed E-state index contributed by atoms with van der Waals surface area (Å²) >= 11 is 0. The predicted octanol–water partition coefficient (Wildman–Crippen LogP) is 5.83. The number of piperidine rings is 1. The summed E-state index contributed by atoms with van der Waals surface area (Å²) in [4.78, 5) is 13.9. The minimum atomic E-state index is -4.92. The lowest BCUT2D eigenvalue weighted by molar-refractivity contribution is -0.157. The van der Waals surface area contributed by atoms with Crippen LogP contribution in [0.25, 0.3) is 0 Å². The molecule has 0 bridgehead atoms. The number of benzene rings is 2. The molecule has 2 aromatic rings. The second-order valence-corrected chi connectivity index (χ2v) is 9.26. The summed E-state index contributed by atoms with van der Waals surface area (Å²) in [5.74, 6) is -0.782. The van der Waals surface area contributed by atoms with Crippen LogP contribution in [0.2, 0.25) is 0 Å². The van der Waals surface area contributed by atoms with Crippen LogP contribution in [0.4, 0.5) is 30.7 Å². The van der Waals surface area contributed by atoms with E-state index in [-0.39, 0.29) is 42.4 Å². The fourth-order valence-electron chi connectivity index (χ4n) is 4.45. The summed E-state index contributed by atoms with van der Waals surface area (Å²) in [6, 6.07) is 9.10. The van der Waals surface area contributed by atoms with E-state index < -0.39 is 47.7 Å². The lowest BCUT2D eigenvalue weighted by atomic mass is 9.86. The number of fused-ring (bicyclic) bond motifs is 1. The highest BCUT2D eigenvalue weighted by Crippen LogP contribution is 2.39. The van der Waals surface area contributed by atoms with Gasteiger partial charge in [0.05, 0.1) is 23.8 Å². The van der Waals surface area contributed by atoms with E-state index in [1.54, 1.807) is 18.2 Å². The molecule has 4 unspecified atom stereocenters. The smallest absolute Gasteiger partial charge is 0.380 e. The molecular formula is C25H26F7NO3. The second-order valence-electron chi connectivity index (χ2n) is 9.26. The highest BCUT2D eigenvalue weighted by Gasteiger charge is 2.50. The lowest BCUT2D eigenvalue weighted by Gasteiger charge is -2.39. The maximum absolute atomic E-state index is 13.0. The Hall–Kier alpha value is -2.66. The van der Waals surface area contributed by atoms with Crippen LogP contribution in [-0.2, 0) is 28.5 Å². The fraction of sp³-hybridized carbons (Fsp3) is 0.480. The van der Waals surface area contributed by atoms with Crippen LogP contribution in [0.5, 0.6) is 0 Å². The number of hydrogen-bond donors (Lipinski definition) is 1. The molecule has 2 aromatic carbocycles. The Morgan fingerprint density at radius 2 is 1.58 bits per heavy atom. The van der Waals surface area contributed by atoms with Gasteiger partial charge >= 0.3 is 12.4 Å². The average Bonchev–Trinajstić information content (AvgIpc) is 3.10. The quantitative estimate of drug-likeness (QED) is 0.518. The standard InChI is InChI=1S/C19H21F6NO3.C6H5F/c1-10-14-3-4-17(2,28)16(27)26(14)8-15(10)29-9-11-5-12(18(20,21)22)7-13(6-11)19(23,24)25;7-6-4-2-1-3-5-6/h5-7,10,14-15,28H,3-4,8-9H2,1-2H3;1-5H. The number of hydrogen-bond acceptors (Lipinski definition) is 3. The second kappa shape index (κ2) is 10.4. The first-order chi connectivity index (χ1) is 16.6. The van der Waals surface area contributed by atoms with Crippen LogP contribution in [0.15, 0.2) is 48.5 Å². The third-order valence-electron chi connectivity index (χ3n) is 6.46. The minimum Gasteiger partial charge on any atom is -0.380 e. The molecule has 0 aliphatic carbocycles. The van der Waals surface area contributed by atoms with Crippen molar-refractivity contribution in [2.75, 3.05) is 6.54 Å². The molecule has 0 spiro atoms. The van der Waals surface area contributed by atoms with E-state index in [4.69, 9.17) is 4.74 Å². The van der Waals surface area contributed by atoms with Crippen molar-refractivity contribution in [1.82, 2.24) is 4.90 Å². The van der Waals surface area contributed by atoms with Crippen LogP contribution in [0.1, 0.15) is 43.4 Å². The highest BCUT2D eigenvalue weighted by atomic mass is 19.4. The van der Waals surface area contributed by atoms with Crippen molar-refractivity contribution in [2.24, 2.45) is 5.92 Å². The zero-order chi connectivity index (χ0) is 26.9. The van der Waals surface area contributed by atoms with Crippen LogP contribution in [0.3, 0.4) is 0 Å². The fourth-order valence-corrected chi connectivity index (χ4v) is 4.45. The van der Waals surface area contributed by atoms with Crippen LogP contribution < -0.4 is 0 Å². The molecule has 0 aromatic heterocycles. The number of nitrogens with zero attached hydrogens (tertiary/aromatic N) is 1. The number of rotatable bonds is 3. The molecular weight excluding hydrogens is 495 g/mol. The molecule has 4 rings (SSSR count). The van der Waals surface area contributed by atoms with Crippen molar-refractivity contribution in [3.05, 3.63) is 71.0 Å². The first kappa shape index (κ1) is 27.9. The molecule has 0 radical (unpaired) electrons. The predicted molar refractivity (Wildman–Crippen MR) is 116 cm³/mol. The number of carbonyl (C=O) groups is 1. The summed E-state index contributed by atoms with van der Waals surface area (Å²) < 4.78 is 95.4. The first-order valence-electron chi connectivity index (χ1n) is 11.2.